The van der Waals surface area contributed by atoms with Crippen molar-refractivity contribution in [2.75, 3.05) is 4.90 Å². The van der Waals surface area contributed by atoms with E-state index >= 15 is 0 Å². The predicted molar refractivity (Wildman–Crippen MR) is 280 cm³/mol. The van der Waals surface area contributed by atoms with Gasteiger partial charge in [-0.3, -0.25) is 0 Å². The average molecular weight is 827 g/mol. The molecule has 1 aromatic heterocycles. The number of aromatic nitrogens is 1. The second kappa shape index (κ2) is 14.5. The lowest BCUT2D eigenvalue weighted by atomic mass is 9.29. The van der Waals surface area contributed by atoms with Crippen LogP contribution in [0.25, 0.3) is 38.6 Å². The van der Waals surface area contributed by atoms with Gasteiger partial charge in [0.1, 0.15) is 0 Å². The number of hydrogen-bond acceptors (Lipinski definition) is 1. The molecule has 0 bridgehead atoms. The molecule has 8 aromatic carbocycles. The Balaban J connectivity index is 1.25. The first kappa shape index (κ1) is 40.3. The molecular weight excluding hydrogens is 770 g/mol. The number of aryl methyl sites for hydroxylation is 2. The largest absolute Gasteiger partial charge is 0.313 e. The third-order valence-electron chi connectivity index (χ3n) is 16.2. The molecule has 0 atom stereocenters. The topological polar surface area (TPSA) is 8.17 Å². The molecule has 2 nitrogen and oxygen atoms in total. The van der Waals surface area contributed by atoms with Crippen LogP contribution in [0.1, 0.15) is 66.8 Å². The van der Waals surface area contributed by atoms with Crippen molar-refractivity contribution in [1.82, 2.24) is 4.57 Å². The summed E-state index contributed by atoms with van der Waals surface area (Å²) in [6.07, 6.45) is 0. The summed E-state index contributed by atoms with van der Waals surface area (Å²) < 4.78 is 2.43. The molecule has 2 aliphatic rings. The molecule has 0 fully saturated rings. The quantitative estimate of drug-likeness (QED) is 0.161. The zero-order chi connectivity index (χ0) is 44.6. The maximum absolute atomic E-state index is 2.65. The number of rotatable bonds is 4. The molecule has 0 saturated heterocycles. The Labute approximate surface area is 380 Å². The highest BCUT2D eigenvalue weighted by molar-refractivity contribution is 7.02. The predicted octanol–water partition coefficient (Wildman–Crippen LogP) is 11.3. The Kier molecular flexibility index (Phi) is 9.13. The van der Waals surface area contributed by atoms with Crippen molar-refractivity contribution in [2.24, 2.45) is 0 Å². The first-order valence-electron chi connectivity index (χ1n) is 23.2. The molecule has 9 aromatic rings. The van der Waals surface area contributed by atoms with Crippen LogP contribution in [-0.4, -0.2) is 18.0 Å². The zero-order valence-corrected chi connectivity index (χ0v) is 39.6. The summed E-state index contributed by atoms with van der Waals surface area (Å²) in [7, 11) is 0. The van der Waals surface area contributed by atoms with Crippen LogP contribution in [0.15, 0.2) is 121 Å². The minimum atomic E-state index is 0.0473. The van der Waals surface area contributed by atoms with Crippen LogP contribution in [0.3, 0.4) is 0 Å². The highest BCUT2D eigenvalue weighted by atomic mass is 15.2. The van der Waals surface area contributed by atoms with Crippen molar-refractivity contribution in [3.8, 4) is 16.8 Å². The first-order chi connectivity index (χ1) is 30.8. The second-order valence-corrected chi connectivity index (χ2v) is 19.3. The zero-order valence-electron chi connectivity index (χ0n) is 39.6. The van der Waals surface area contributed by atoms with Gasteiger partial charge >= 0.3 is 0 Å². The Morgan fingerprint density at radius 2 is 0.734 bits per heavy atom. The van der Waals surface area contributed by atoms with Crippen molar-refractivity contribution in [2.45, 2.75) is 83.1 Å². The average Bonchev–Trinajstić information content (AvgIpc) is 3.64. The lowest BCUT2D eigenvalue weighted by Crippen LogP contribution is -2.66. The summed E-state index contributed by atoms with van der Waals surface area (Å²) in [5, 5.41) is 2.56. The fraction of sp³-hybridized carbons (Fsp3) is 0.200. The van der Waals surface area contributed by atoms with Gasteiger partial charge in [0.25, 0.3) is 0 Å². The van der Waals surface area contributed by atoms with Gasteiger partial charge in [0.05, 0.1) is 11.0 Å². The Morgan fingerprint density at radius 3 is 1.16 bits per heavy atom. The van der Waals surface area contributed by atoms with E-state index in [2.05, 4.69) is 214 Å². The van der Waals surface area contributed by atoms with Crippen LogP contribution in [0.5, 0.6) is 0 Å². The molecule has 0 spiro atoms. The molecule has 2 aliphatic heterocycles. The Hall–Kier alpha value is -6.51. The fourth-order valence-electron chi connectivity index (χ4n) is 12.0. The lowest BCUT2D eigenvalue weighted by molar-refractivity contribution is 1.18. The molecule has 0 aliphatic carbocycles. The van der Waals surface area contributed by atoms with Crippen LogP contribution < -0.4 is 37.7 Å². The number of benzene rings is 8. The number of fused-ring (bicyclic) bond motifs is 7. The van der Waals surface area contributed by atoms with Crippen LogP contribution in [0, 0.1) is 83.1 Å². The molecule has 0 unspecified atom stereocenters. The van der Waals surface area contributed by atoms with E-state index in [1.165, 1.54) is 155 Å². The SMILES string of the molecule is Cc1ccc2c(c1)B(c1c(C)c(C)c(C)c(C)c1C)c1cc(-c3ccc(-n4c5ccccc5c5ccccc54)cc3)cc3c1N2c1ccc(C)cc1B3c1c(C)c(C)c(C)c(C)c1C. The molecule has 0 radical (unpaired) electrons. The minimum absolute atomic E-state index is 0.0473. The van der Waals surface area contributed by atoms with Crippen molar-refractivity contribution >= 4 is 85.1 Å². The molecule has 0 amide bonds. The van der Waals surface area contributed by atoms with E-state index in [0.717, 1.165) is 0 Å². The lowest BCUT2D eigenvalue weighted by Gasteiger charge is -2.45. The normalized spacial score (nSPS) is 12.9. The number of nitrogens with zero attached hydrogens (tertiary/aromatic N) is 2. The molecular formula is C60H56B2N2. The molecule has 3 heterocycles. The fourth-order valence-corrected chi connectivity index (χ4v) is 12.0. The van der Waals surface area contributed by atoms with Crippen molar-refractivity contribution in [1.29, 1.82) is 0 Å². The van der Waals surface area contributed by atoms with Gasteiger partial charge in [-0.15, -0.1) is 0 Å². The van der Waals surface area contributed by atoms with Gasteiger partial charge in [-0.05, 0) is 186 Å². The minimum Gasteiger partial charge on any atom is -0.313 e. The van der Waals surface area contributed by atoms with Crippen LogP contribution >= 0.6 is 0 Å². The van der Waals surface area contributed by atoms with E-state index in [1.807, 2.05) is 0 Å². The molecule has 0 N–H and O–H groups in total. The van der Waals surface area contributed by atoms with Gasteiger partial charge in [0.2, 0.25) is 13.4 Å². The molecule has 0 saturated carbocycles. The van der Waals surface area contributed by atoms with Gasteiger partial charge in [0, 0.05) is 33.5 Å². The third-order valence-corrected chi connectivity index (χ3v) is 16.2. The van der Waals surface area contributed by atoms with E-state index < -0.39 is 0 Å². The highest BCUT2D eigenvalue weighted by Crippen LogP contribution is 2.41. The summed E-state index contributed by atoms with van der Waals surface area (Å²) in [5.41, 5.74) is 35.1. The molecule has 4 heteroatoms. The monoisotopic (exact) mass is 826 g/mol. The summed E-state index contributed by atoms with van der Waals surface area (Å²) in [4.78, 5) is 2.65. The van der Waals surface area contributed by atoms with Gasteiger partial charge < -0.3 is 9.47 Å². The van der Waals surface area contributed by atoms with Gasteiger partial charge in [-0.25, -0.2) is 0 Å². The van der Waals surface area contributed by atoms with E-state index in [9.17, 15) is 0 Å². The van der Waals surface area contributed by atoms with E-state index in [-0.39, 0.29) is 13.4 Å². The molecule has 11 rings (SSSR count). The van der Waals surface area contributed by atoms with E-state index in [1.54, 1.807) is 0 Å². The maximum atomic E-state index is 2.65. The van der Waals surface area contributed by atoms with Crippen molar-refractivity contribution in [3.63, 3.8) is 0 Å². The number of anilines is 3. The van der Waals surface area contributed by atoms with E-state index in [4.69, 9.17) is 0 Å². The third kappa shape index (κ3) is 5.60. The van der Waals surface area contributed by atoms with Gasteiger partial charge in [-0.1, -0.05) is 129 Å². The second-order valence-electron chi connectivity index (χ2n) is 19.3. The van der Waals surface area contributed by atoms with E-state index in [0.29, 0.717) is 0 Å². The van der Waals surface area contributed by atoms with Gasteiger partial charge in [0.15, 0.2) is 0 Å². The standard InChI is InChI=1S/C60H56B2N2/c1-33-21-27-56-50(29-33)61(58-41(9)37(5)35(3)38(6)42(58)10)52-31-46(45-23-25-47(26-24-45)63-54-19-15-13-17-48(54)49-18-14-16-20-55(49)63)32-53-60(52)64(56)57-28-22-34(2)30-51(57)62(53)59-43(11)39(7)36(4)40(8)44(59)12/h13-32H,1-12H3. The van der Waals surface area contributed by atoms with Gasteiger partial charge in [-0.2, -0.15) is 0 Å². The Morgan fingerprint density at radius 1 is 0.344 bits per heavy atom. The van der Waals surface area contributed by atoms with Crippen LogP contribution in [-0.2, 0) is 0 Å². The number of hydrogen-bond donors (Lipinski definition) is 0. The Bertz CT molecular complexity index is 3220. The van der Waals surface area contributed by atoms with Crippen LogP contribution in [0.4, 0.5) is 17.1 Å². The summed E-state index contributed by atoms with van der Waals surface area (Å²) in [6.45, 7) is 28.1. The van der Waals surface area contributed by atoms with Crippen molar-refractivity contribution < 1.29 is 0 Å². The summed E-state index contributed by atoms with van der Waals surface area (Å²) in [6, 6.07) is 46.6. The summed E-state index contributed by atoms with van der Waals surface area (Å²) in [5.74, 6) is 0. The molecule has 64 heavy (non-hydrogen) atoms. The molecule has 312 valence electrons. The summed E-state index contributed by atoms with van der Waals surface area (Å²) >= 11 is 0. The van der Waals surface area contributed by atoms with Crippen LogP contribution in [0.2, 0.25) is 0 Å². The van der Waals surface area contributed by atoms with Crippen molar-refractivity contribution in [3.05, 3.63) is 188 Å². The first-order valence-corrected chi connectivity index (χ1v) is 23.2. The number of para-hydroxylation sites is 2. The maximum Gasteiger partial charge on any atom is 0.247 e. The smallest absolute Gasteiger partial charge is 0.247 e. The highest BCUT2D eigenvalue weighted by Gasteiger charge is 2.45.